The molecule has 1 atom stereocenters. The van der Waals surface area contributed by atoms with E-state index in [1.807, 2.05) is 0 Å². The third-order valence-electron chi connectivity index (χ3n) is 2.82. The normalized spacial score (nSPS) is 12.4. The molecule has 18 heavy (non-hydrogen) atoms. The fourth-order valence-electron chi connectivity index (χ4n) is 1.90. The highest BCUT2D eigenvalue weighted by molar-refractivity contribution is 7.98. The number of thioether (sulfide) groups is 1. The number of hydrogen-bond donors (Lipinski definition) is 1. The molecule has 0 aliphatic heterocycles. The van der Waals surface area contributed by atoms with E-state index in [9.17, 15) is 4.39 Å². The largest absolute Gasteiger partial charge is 0.496 e. The van der Waals surface area contributed by atoms with Crippen LogP contribution in [-0.4, -0.2) is 25.7 Å². The molecule has 102 valence electrons. The number of rotatable bonds is 8. The Hall–Kier alpha value is -0.740. The molecule has 0 aliphatic carbocycles. The summed E-state index contributed by atoms with van der Waals surface area (Å²) in [7, 11) is 1.63. The van der Waals surface area contributed by atoms with Gasteiger partial charge >= 0.3 is 0 Å². The van der Waals surface area contributed by atoms with Gasteiger partial charge in [0.15, 0.2) is 0 Å². The van der Waals surface area contributed by atoms with Gasteiger partial charge in [-0.25, -0.2) is 4.39 Å². The van der Waals surface area contributed by atoms with Crippen LogP contribution in [0.15, 0.2) is 18.2 Å². The molecule has 0 bridgehead atoms. The van der Waals surface area contributed by atoms with Gasteiger partial charge in [-0.3, -0.25) is 0 Å². The van der Waals surface area contributed by atoms with Crippen molar-refractivity contribution in [2.24, 2.45) is 0 Å². The Bertz CT molecular complexity index is 352. The van der Waals surface area contributed by atoms with E-state index in [1.165, 1.54) is 6.07 Å². The van der Waals surface area contributed by atoms with Crippen molar-refractivity contribution in [3.8, 4) is 5.75 Å². The summed E-state index contributed by atoms with van der Waals surface area (Å²) < 4.78 is 18.7. The topological polar surface area (TPSA) is 21.3 Å². The molecule has 0 aromatic heterocycles. The van der Waals surface area contributed by atoms with E-state index < -0.39 is 0 Å². The number of ether oxygens (including phenoxy) is 1. The lowest BCUT2D eigenvalue weighted by molar-refractivity contribution is 0.395. The van der Waals surface area contributed by atoms with E-state index in [0.29, 0.717) is 0 Å². The van der Waals surface area contributed by atoms with Gasteiger partial charge in [0.25, 0.3) is 0 Å². The van der Waals surface area contributed by atoms with Crippen molar-refractivity contribution < 1.29 is 9.13 Å². The predicted molar refractivity (Wildman–Crippen MR) is 77.0 cm³/mol. The van der Waals surface area contributed by atoms with Crippen LogP contribution in [-0.2, 0) is 0 Å². The zero-order chi connectivity index (χ0) is 13.4. The predicted octanol–water partition coefficient (Wildman–Crippen LogP) is 3.63. The first-order chi connectivity index (χ1) is 8.72. The number of nitrogens with one attached hydrogen (secondary N) is 1. The minimum Gasteiger partial charge on any atom is -0.496 e. The van der Waals surface area contributed by atoms with E-state index in [0.717, 1.165) is 36.5 Å². The van der Waals surface area contributed by atoms with Crippen LogP contribution in [0.2, 0.25) is 0 Å². The molecular formula is C14H22FNOS. The van der Waals surface area contributed by atoms with Gasteiger partial charge in [-0.1, -0.05) is 6.92 Å². The average Bonchev–Trinajstić information content (AvgIpc) is 2.39. The Labute approximate surface area is 113 Å². The van der Waals surface area contributed by atoms with Crippen LogP contribution in [0.3, 0.4) is 0 Å². The van der Waals surface area contributed by atoms with Crippen LogP contribution >= 0.6 is 11.8 Å². The van der Waals surface area contributed by atoms with Gasteiger partial charge < -0.3 is 10.1 Å². The minimum atomic E-state index is -0.210. The summed E-state index contributed by atoms with van der Waals surface area (Å²) in [5.41, 5.74) is 0.917. The quantitative estimate of drug-likeness (QED) is 0.780. The van der Waals surface area contributed by atoms with Crippen LogP contribution in [0.4, 0.5) is 4.39 Å². The van der Waals surface area contributed by atoms with E-state index in [4.69, 9.17) is 4.74 Å². The second-order valence-corrected chi connectivity index (χ2v) is 5.16. The number of hydrogen-bond acceptors (Lipinski definition) is 3. The summed E-state index contributed by atoms with van der Waals surface area (Å²) in [6.45, 7) is 3.06. The number of methoxy groups -OCH3 is 1. The van der Waals surface area contributed by atoms with Crippen molar-refractivity contribution in [2.75, 3.05) is 25.7 Å². The first-order valence-corrected chi connectivity index (χ1v) is 7.68. The lowest BCUT2D eigenvalue weighted by atomic mass is 10.0. The zero-order valence-electron chi connectivity index (χ0n) is 11.3. The highest BCUT2D eigenvalue weighted by Gasteiger charge is 2.16. The molecule has 0 saturated heterocycles. The van der Waals surface area contributed by atoms with Crippen LogP contribution < -0.4 is 10.1 Å². The molecule has 1 rings (SSSR count). The van der Waals surface area contributed by atoms with Gasteiger partial charge in [0.05, 0.1) is 7.11 Å². The van der Waals surface area contributed by atoms with Gasteiger partial charge in [-0.2, -0.15) is 11.8 Å². The van der Waals surface area contributed by atoms with Crippen molar-refractivity contribution >= 4 is 11.8 Å². The third kappa shape index (κ3) is 4.50. The molecule has 0 fully saturated rings. The molecular weight excluding hydrogens is 249 g/mol. The molecule has 0 spiro atoms. The lowest BCUT2D eigenvalue weighted by Crippen LogP contribution is -2.23. The highest BCUT2D eigenvalue weighted by atomic mass is 32.2. The maximum Gasteiger partial charge on any atom is 0.123 e. The molecule has 1 unspecified atom stereocenters. The van der Waals surface area contributed by atoms with Gasteiger partial charge in [-0.05, 0) is 49.6 Å². The van der Waals surface area contributed by atoms with Crippen LogP contribution in [0.1, 0.15) is 31.4 Å². The van der Waals surface area contributed by atoms with Crippen LogP contribution in [0.25, 0.3) is 0 Å². The first-order valence-electron chi connectivity index (χ1n) is 6.28. The lowest BCUT2D eigenvalue weighted by Gasteiger charge is -2.21. The maximum absolute atomic E-state index is 13.4. The maximum atomic E-state index is 13.4. The van der Waals surface area contributed by atoms with Gasteiger partial charge in [0.2, 0.25) is 0 Å². The summed E-state index contributed by atoms with van der Waals surface area (Å²) in [6, 6.07) is 4.87. The molecule has 2 nitrogen and oxygen atoms in total. The van der Waals surface area contributed by atoms with Crippen LogP contribution in [0.5, 0.6) is 5.75 Å². The molecule has 0 saturated carbocycles. The minimum absolute atomic E-state index is 0.156. The van der Waals surface area contributed by atoms with Crippen molar-refractivity contribution in [1.82, 2.24) is 5.32 Å². The van der Waals surface area contributed by atoms with Crippen molar-refractivity contribution in [3.05, 3.63) is 29.6 Å². The summed E-state index contributed by atoms with van der Waals surface area (Å²) >= 11 is 1.80. The standard InChI is InChI=1S/C14H22FNOS/c1-4-8-16-13(7-9-18-3)12-10-11(15)5-6-14(12)17-2/h5-6,10,13,16H,4,7-9H2,1-3H3. The number of halogens is 1. The summed E-state index contributed by atoms with van der Waals surface area (Å²) in [5, 5.41) is 3.46. The fourth-order valence-corrected chi connectivity index (χ4v) is 2.37. The SMILES string of the molecule is CCCNC(CCSC)c1cc(F)ccc1OC. The van der Waals surface area contributed by atoms with Gasteiger partial charge in [-0.15, -0.1) is 0 Å². The Morgan fingerprint density at radius 2 is 2.22 bits per heavy atom. The van der Waals surface area contributed by atoms with Crippen molar-refractivity contribution in [1.29, 1.82) is 0 Å². The average molecular weight is 271 g/mol. The van der Waals surface area contributed by atoms with Crippen molar-refractivity contribution in [3.63, 3.8) is 0 Å². The zero-order valence-corrected chi connectivity index (χ0v) is 12.1. The smallest absolute Gasteiger partial charge is 0.123 e. The van der Waals surface area contributed by atoms with Gasteiger partial charge in [0.1, 0.15) is 11.6 Å². The molecule has 1 N–H and O–H groups in total. The molecule has 4 heteroatoms. The Kier molecular flexibility index (Phi) is 7.13. The second-order valence-electron chi connectivity index (χ2n) is 4.17. The molecule has 0 radical (unpaired) electrons. The van der Waals surface area contributed by atoms with E-state index in [2.05, 4.69) is 18.5 Å². The second kappa shape index (κ2) is 8.38. The third-order valence-corrected chi connectivity index (χ3v) is 3.46. The van der Waals surface area contributed by atoms with E-state index in [1.54, 1.807) is 31.0 Å². The van der Waals surface area contributed by atoms with Crippen molar-refractivity contribution in [2.45, 2.75) is 25.8 Å². The van der Waals surface area contributed by atoms with E-state index >= 15 is 0 Å². The fraction of sp³-hybridized carbons (Fsp3) is 0.571. The Morgan fingerprint density at radius 1 is 1.44 bits per heavy atom. The Morgan fingerprint density at radius 3 is 2.83 bits per heavy atom. The monoisotopic (exact) mass is 271 g/mol. The Balaban J connectivity index is 2.90. The summed E-state index contributed by atoms with van der Waals surface area (Å²) in [6.07, 6.45) is 4.12. The summed E-state index contributed by atoms with van der Waals surface area (Å²) in [4.78, 5) is 0. The molecule has 0 heterocycles. The molecule has 1 aromatic carbocycles. The molecule has 0 amide bonds. The molecule has 1 aromatic rings. The first kappa shape index (κ1) is 15.3. The number of benzene rings is 1. The molecule has 0 aliphatic rings. The van der Waals surface area contributed by atoms with Gasteiger partial charge in [0, 0.05) is 11.6 Å². The van der Waals surface area contributed by atoms with E-state index in [-0.39, 0.29) is 11.9 Å². The summed E-state index contributed by atoms with van der Waals surface area (Å²) in [5.74, 6) is 1.59. The van der Waals surface area contributed by atoms with Crippen LogP contribution in [0, 0.1) is 5.82 Å². The highest BCUT2D eigenvalue weighted by Crippen LogP contribution is 2.28.